The molecule has 16 heavy (non-hydrogen) atoms. The van der Waals surface area contributed by atoms with Crippen molar-refractivity contribution in [1.29, 1.82) is 0 Å². The van der Waals surface area contributed by atoms with E-state index in [4.69, 9.17) is 4.74 Å². The van der Waals surface area contributed by atoms with Crippen molar-refractivity contribution in [3.63, 3.8) is 0 Å². The van der Waals surface area contributed by atoms with Gasteiger partial charge in [-0.25, -0.2) is 0 Å². The SMILES string of the molecule is COc1ccc(NC2CCC2)cc1[N+](=O)[O-]. The quantitative estimate of drug-likeness (QED) is 0.628. The minimum atomic E-state index is -0.426. The highest BCUT2D eigenvalue weighted by atomic mass is 16.6. The van der Waals surface area contributed by atoms with Crippen molar-refractivity contribution in [2.24, 2.45) is 0 Å². The average Bonchev–Trinajstić information content (AvgIpc) is 2.23. The standard InChI is InChI=1S/C11H14N2O3/c1-16-11-6-5-9(7-10(11)13(14)15)12-8-3-2-4-8/h5-8,12H,2-4H2,1H3. The van der Waals surface area contributed by atoms with E-state index in [1.807, 2.05) is 6.07 Å². The van der Waals surface area contributed by atoms with Crippen LogP contribution in [0, 0.1) is 10.1 Å². The molecule has 0 aliphatic heterocycles. The van der Waals surface area contributed by atoms with Crippen LogP contribution in [0.2, 0.25) is 0 Å². The topological polar surface area (TPSA) is 64.4 Å². The van der Waals surface area contributed by atoms with Gasteiger partial charge in [0, 0.05) is 17.8 Å². The van der Waals surface area contributed by atoms with Crippen LogP contribution in [0.25, 0.3) is 0 Å². The first-order valence-electron chi connectivity index (χ1n) is 5.29. The second kappa shape index (κ2) is 4.38. The Labute approximate surface area is 93.6 Å². The van der Waals surface area contributed by atoms with Gasteiger partial charge in [0.15, 0.2) is 5.75 Å². The summed E-state index contributed by atoms with van der Waals surface area (Å²) in [7, 11) is 1.43. The van der Waals surface area contributed by atoms with Crippen LogP contribution in [0.4, 0.5) is 11.4 Å². The maximum atomic E-state index is 10.8. The van der Waals surface area contributed by atoms with E-state index in [0.29, 0.717) is 11.8 Å². The average molecular weight is 222 g/mol. The molecule has 0 spiro atoms. The van der Waals surface area contributed by atoms with Gasteiger partial charge in [-0.1, -0.05) is 0 Å². The minimum absolute atomic E-state index is 0.00632. The lowest BCUT2D eigenvalue weighted by molar-refractivity contribution is -0.385. The summed E-state index contributed by atoms with van der Waals surface area (Å²) in [6, 6.07) is 5.42. The van der Waals surface area contributed by atoms with Gasteiger partial charge in [-0.15, -0.1) is 0 Å². The summed E-state index contributed by atoms with van der Waals surface area (Å²) < 4.78 is 4.94. The number of benzene rings is 1. The van der Waals surface area contributed by atoms with Crippen molar-refractivity contribution >= 4 is 11.4 Å². The molecule has 1 aliphatic carbocycles. The summed E-state index contributed by atoms with van der Waals surface area (Å²) >= 11 is 0. The molecule has 86 valence electrons. The molecule has 5 heteroatoms. The lowest BCUT2D eigenvalue weighted by atomic mass is 9.93. The lowest BCUT2D eigenvalue weighted by Crippen LogP contribution is -2.26. The maximum absolute atomic E-state index is 10.8. The smallest absolute Gasteiger partial charge is 0.312 e. The molecule has 0 bridgehead atoms. The third-order valence-electron chi connectivity index (χ3n) is 2.85. The highest BCUT2D eigenvalue weighted by molar-refractivity contribution is 5.58. The molecule has 0 heterocycles. The van der Waals surface area contributed by atoms with Crippen LogP contribution in [-0.2, 0) is 0 Å². The van der Waals surface area contributed by atoms with Crippen molar-refractivity contribution in [3.8, 4) is 5.75 Å². The first kappa shape index (κ1) is 10.7. The second-order valence-corrected chi connectivity index (χ2v) is 3.92. The molecule has 1 aliphatic rings. The Morgan fingerprint density at radius 3 is 2.75 bits per heavy atom. The fourth-order valence-corrected chi connectivity index (χ4v) is 1.71. The number of ether oxygens (including phenoxy) is 1. The zero-order chi connectivity index (χ0) is 11.5. The Hall–Kier alpha value is -1.78. The Morgan fingerprint density at radius 2 is 2.25 bits per heavy atom. The van der Waals surface area contributed by atoms with Crippen LogP contribution in [0.5, 0.6) is 5.75 Å². The van der Waals surface area contributed by atoms with Gasteiger partial charge in [0.25, 0.3) is 0 Å². The van der Waals surface area contributed by atoms with E-state index in [1.165, 1.54) is 19.6 Å². The van der Waals surface area contributed by atoms with Crippen LogP contribution < -0.4 is 10.1 Å². The Balaban J connectivity index is 2.20. The predicted molar refractivity (Wildman–Crippen MR) is 60.9 cm³/mol. The van der Waals surface area contributed by atoms with Crippen LogP contribution in [-0.4, -0.2) is 18.1 Å². The number of anilines is 1. The molecule has 2 rings (SSSR count). The molecule has 1 aromatic rings. The van der Waals surface area contributed by atoms with Crippen LogP contribution in [0.3, 0.4) is 0 Å². The lowest BCUT2D eigenvalue weighted by Gasteiger charge is -2.27. The third kappa shape index (κ3) is 2.08. The molecule has 0 saturated heterocycles. The summed E-state index contributed by atoms with van der Waals surface area (Å²) in [5.74, 6) is 0.296. The van der Waals surface area contributed by atoms with E-state index < -0.39 is 4.92 Å². The van der Waals surface area contributed by atoms with E-state index >= 15 is 0 Å². The normalized spacial score (nSPS) is 15.3. The summed E-state index contributed by atoms with van der Waals surface area (Å²) in [5.41, 5.74) is 0.795. The van der Waals surface area contributed by atoms with E-state index in [9.17, 15) is 10.1 Å². The highest BCUT2D eigenvalue weighted by Crippen LogP contribution is 2.31. The third-order valence-corrected chi connectivity index (χ3v) is 2.85. The van der Waals surface area contributed by atoms with Crippen LogP contribution >= 0.6 is 0 Å². The number of nitro groups is 1. The molecule has 1 aromatic carbocycles. The highest BCUT2D eigenvalue weighted by Gasteiger charge is 2.19. The number of nitrogens with one attached hydrogen (secondary N) is 1. The number of nitrogens with zero attached hydrogens (tertiary/aromatic N) is 1. The molecule has 0 unspecified atom stereocenters. The van der Waals surface area contributed by atoms with Gasteiger partial charge in [-0.05, 0) is 31.4 Å². The summed E-state index contributed by atoms with van der Waals surface area (Å²) in [6.45, 7) is 0. The summed E-state index contributed by atoms with van der Waals surface area (Å²) in [4.78, 5) is 10.4. The molecule has 0 atom stereocenters. The molecule has 5 nitrogen and oxygen atoms in total. The number of hydrogen-bond acceptors (Lipinski definition) is 4. The monoisotopic (exact) mass is 222 g/mol. The van der Waals surface area contributed by atoms with Crippen molar-refractivity contribution < 1.29 is 9.66 Å². The zero-order valence-electron chi connectivity index (χ0n) is 9.10. The molecule has 0 amide bonds. The molecule has 1 saturated carbocycles. The number of methoxy groups -OCH3 is 1. The van der Waals surface area contributed by atoms with Crippen molar-refractivity contribution in [3.05, 3.63) is 28.3 Å². The zero-order valence-corrected chi connectivity index (χ0v) is 9.10. The summed E-state index contributed by atoms with van der Waals surface area (Å²) in [5, 5.41) is 14.1. The summed E-state index contributed by atoms with van der Waals surface area (Å²) in [6.07, 6.45) is 3.51. The molecule has 1 fully saturated rings. The van der Waals surface area contributed by atoms with Gasteiger partial charge in [0.2, 0.25) is 0 Å². The van der Waals surface area contributed by atoms with Gasteiger partial charge < -0.3 is 10.1 Å². The molecule has 1 N–H and O–H groups in total. The van der Waals surface area contributed by atoms with E-state index in [0.717, 1.165) is 18.5 Å². The molecule has 0 radical (unpaired) electrons. The van der Waals surface area contributed by atoms with Gasteiger partial charge in [0.05, 0.1) is 12.0 Å². The van der Waals surface area contributed by atoms with E-state index in [1.54, 1.807) is 6.07 Å². The number of rotatable bonds is 4. The Bertz CT molecular complexity index is 402. The fourth-order valence-electron chi connectivity index (χ4n) is 1.71. The van der Waals surface area contributed by atoms with Gasteiger partial charge in [-0.3, -0.25) is 10.1 Å². The van der Waals surface area contributed by atoms with Crippen LogP contribution in [0.1, 0.15) is 19.3 Å². The van der Waals surface area contributed by atoms with Gasteiger partial charge in [0.1, 0.15) is 0 Å². The largest absolute Gasteiger partial charge is 0.490 e. The minimum Gasteiger partial charge on any atom is -0.490 e. The number of hydrogen-bond donors (Lipinski definition) is 1. The van der Waals surface area contributed by atoms with Crippen LogP contribution in [0.15, 0.2) is 18.2 Å². The first-order valence-corrected chi connectivity index (χ1v) is 5.29. The van der Waals surface area contributed by atoms with Gasteiger partial charge >= 0.3 is 5.69 Å². The van der Waals surface area contributed by atoms with Crippen molar-refractivity contribution in [2.75, 3.05) is 12.4 Å². The van der Waals surface area contributed by atoms with Crippen molar-refractivity contribution in [1.82, 2.24) is 0 Å². The van der Waals surface area contributed by atoms with E-state index in [-0.39, 0.29) is 5.69 Å². The molecular weight excluding hydrogens is 208 g/mol. The Morgan fingerprint density at radius 1 is 1.50 bits per heavy atom. The molecular formula is C11H14N2O3. The van der Waals surface area contributed by atoms with Gasteiger partial charge in [-0.2, -0.15) is 0 Å². The Kier molecular flexibility index (Phi) is 2.94. The second-order valence-electron chi connectivity index (χ2n) is 3.92. The van der Waals surface area contributed by atoms with E-state index in [2.05, 4.69) is 5.32 Å². The molecule has 0 aromatic heterocycles. The number of nitro benzene ring substituents is 1. The maximum Gasteiger partial charge on any atom is 0.312 e. The van der Waals surface area contributed by atoms with Crippen molar-refractivity contribution in [2.45, 2.75) is 25.3 Å². The fraction of sp³-hybridized carbons (Fsp3) is 0.455. The predicted octanol–water partition coefficient (Wildman–Crippen LogP) is 2.57. The first-order chi connectivity index (χ1) is 7.70.